The highest BCUT2D eigenvalue weighted by Gasteiger charge is 2.51. The molecule has 7 nitrogen and oxygen atoms in total. The number of hydrogen-bond donors (Lipinski definition) is 1. The molecule has 2 saturated heterocycles. The van der Waals surface area contributed by atoms with Crippen molar-refractivity contribution < 1.29 is 9.13 Å². The molecular weight excluding hydrogens is 514 g/mol. The lowest BCUT2D eigenvalue weighted by Crippen LogP contribution is -2.75. The van der Waals surface area contributed by atoms with Crippen molar-refractivity contribution in [3.8, 4) is 17.0 Å². The van der Waals surface area contributed by atoms with E-state index >= 15 is 4.39 Å². The Bertz CT molecular complexity index is 1470. The Balaban J connectivity index is 1.19. The first kappa shape index (κ1) is 24.4. The summed E-state index contributed by atoms with van der Waals surface area (Å²) >= 11 is 12.4. The topological polar surface area (TPSA) is 70.2 Å². The number of benzene rings is 1. The summed E-state index contributed by atoms with van der Waals surface area (Å²) in [6.07, 6.45) is 4.74. The number of nitrogens with zero attached hydrogens (tertiary/aromatic N) is 5. The molecule has 2 fully saturated rings. The molecule has 10 heteroatoms. The minimum atomic E-state index is -0.353. The minimum absolute atomic E-state index is 0.0713. The molecular formula is C27H27Cl2FN6O. The third-order valence-electron chi connectivity index (χ3n) is 7.33. The highest BCUT2D eigenvalue weighted by atomic mass is 35.5. The Kier molecular flexibility index (Phi) is 5.82. The summed E-state index contributed by atoms with van der Waals surface area (Å²) in [4.78, 5) is 13.0. The quantitative estimate of drug-likeness (QED) is 0.325. The highest BCUT2D eigenvalue weighted by Crippen LogP contribution is 2.41. The van der Waals surface area contributed by atoms with Gasteiger partial charge in [-0.3, -0.25) is 15.0 Å². The van der Waals surface area contributed by atoms with Crippen molar-refractivity contribution in [1.29, 1.82) is 0 Å². The van der Waals surface area contributed by atoms with Crippen LogP contribution < -0.4 is 9.64 Å². The first-order chi connectivity index (χ1) is 17.6. The van der Waals surface area contributed by atoms with Gasteiger partial charge in [-0.1, -0.05) is 37.0 Å². The highest BCUT2D eigenvalue weighted by molar-refractivity contribution is 6.35. The number of hydrogen-bond acceptors (Lipinski definition) is 6. The van der Waals surface area contributed by atoms with Crippen molar-refractivity contribution in [3.05, 3.63) is 64.3 Å². The number of halogens is 3. The van der Waals surface area contributed by atoms with Crippen LogP contribution in [-0.4, -0.2) is 56.8 Å². The number of aromatic nitrogens is 4. The number of fused-ring (bicyclic) bond motifs is 1. The molecule has 0 aliphatic carbocycles. The molecule has 2 aliphatic heterocycles. The van der Waals surface area contributed by atoms with Crippen LogP contribution in [0.5, 0.6) is 5.75 Å². The SMILES string of the molecule is CC1(C)CN(C2(C)CN(c3ncc(-c4n[nH]c5ccc(OCc6c(Cl)cncc6Cl)cc45)cc3F)C2)C1. The number of aromatic amines is 1. The molecule has 1 aromatic carbocycles. The lowest BCUT2D eigenvalue weighted by atomic mass is 9.77. The summed E-state index contributed by atoms with van der Waals surface area (Å²) in [6, 6.07) is 7.06. The molecule has 37 heavy (non-hydrogen) atoms. The third-order valence-corrected chi connectivity index (χ3v) is 7.98. The molecule has 0 unspecified atom stereocenters. The fourth-order valence-corrected chi connectivity index (χ4v) is 5.80. The van der Waals surface area contributed by atoms with Crippen LogP contribution in [0.25, 0.3) is 22.2 Å². The van der Waals surface area contributed by atoms with Crippen LogP contribution in [0.2, 0.25) is 10.0 Å². The van der Waals surface area contributed by atoms with Gasteiger partial charge in [-0.25, -0.2) is 9.37 Å². The number of likely N-dealkylation sites (tertiary alicyclic amines) is 1. The Labute approximate surface area is 224 Å². The first-order valence-corrected chi connectivity index (χ1v) is 12.9. The zero-order chi connectivity index (χ0) is 25.9. The molecule has 0 bridgehead atoms. The molecule has 1 N–H and O–H groups in total. The Hall–Kier alpha value is -2.94. The number of rotatable bonds is 6. The molecule has 0 amide bonds. The molecule has 5 heterocycles. The molecule has 4 aromatic rings. The fraction of sp³-hybridized carbons (Fsp3) is 0.370. The number of H-pyrrole nitrogens is 1. The lowest BCUT2D eigenvalue weighted by Gasteiger charge is -2.62. The summed E-state index contributed by atoms with van der Waals surface area (Å²) in [6.45, 7) is 10.7. The summed E-state index contributed by atoms with van der Waals surface area (Å²) in [7, 11) is 0. The number of anilines is 1. The number of nitrogens with one attached hydrogen (secondary N) is 1. The molecule has 2 aliphatic rings. The monoisotopic (exact) mass is 540 g/mol. The van der Waals surface area contributed by atoms with E-state index in [9.17, 15) is 0 Å². The van der Waals surface area contributed by atoms with E-state index in [4.69, 9.17) is 27.9 Å². The fourth-order valence-electron chi connectivity index (χ4n) is 5.32. The van der Waals surface area contributed by atoms with Crippen molar-refractivity contribution in [3.63, 3.8) is 0 Å². The van der Waals surface area contributed by atoms with Gasteiger partial charge in [0.05, 0.1) is 21.1 Å². The van der Waals surface area contributed by atoms with Crippen LogP contribution >= 0.6 is 23.2 Å². The van der Waals surface area contributed by atoms with E-state index in [1.165, 1.54) is 18.5 Å². The van der Waals surface area contributed by atoms with Crippen LogP contribution in [0.3, 0.4) is 0 Å². The molecule has 0 radical (unpaired) electrons. The van der Waals surface area contributed by atoms with E-state index in [1.807, 2.05) is 23.1 Å². The van der Waals surface area contributed by atoms with E-state index in [-0.39, 0.29) is 18.0 Å². The van der Waals surface area contributed by atoms with Crippen molar-refractivity contribution in [2.75, 3.05) is 31.1 Å². The van der Waals surface area contributed by atoms with Crippen LogP contribution in [0.15, 0.2) is 42.9 Å². The van der Waals surface area contributed by atoms with Gasteiger partial charge in [0.1, 0.15) is 18.1 Å². The van der Waals surface area contributed by atoms with Crippen molar-refractivity contribution in [2.24, 2.45) is 5.41 Å². The Morgan fingerprint density at radius 2 is 1.76 bits per heavy atom. The van der Waals surface area contributed by atoms with Crippen LogP contribution in [-0.2, 0) is 6.61 Å². The predicted octanol–water partition coefficient (Wildman–Crippen LogP) is 5.97. The van der Waals surface area contributed by atoms with Gasteiger partial charge >= 0.3 is 0 Å². The molecule has 0 saturated carbocycles. The number of pyridine rings is 2. The standard InChI is InChI=1S/C27H27Cl2FN6O/c1-26(2)12-36(13-26)27(3)14-35(15-27)25-22(30)6-16(8-32-25)24-18-7-17(4-5-23(18)33-34-24)37-11-19-20(28)9-31-10-21(19)29/h4-10H,11-15H2,1-3H3,(H,33,34). The van der Waals surface area contributed by atoms with Crippen molar-refractivity contribution in [2.45, 2.75) is 32.9 Å². The van der Waals surface area contributed by atoms with Crippen LogP contribution in [0, 0.1) is 11.2 Å². The van der Waals surface area contributed by atoms with E-state index in [1.54, 1.807) is 6.20 Å². The average Bonchev–Trinajstić information content (AvgIpc) is 3.23. The average molecular weight is 541 g/mol. The zero-order valence-electron chi connectivity index (χ0n) is 20.9. The van der Waals surface area contributed by atoms with Crippen molar-refractivity contribution >= 4 is 39.9 Å². The van der Waals surface area contributed by atoms with Crippen LogP contribution in [0.1, 0.15) is 26.3 Å². The normalized spacial score (nSPS) is 18.5. The summed E-state index contributed by atoms with van der Waals surface area (Å²) < 4.78 is 21.2. The van der Waals surface area contributed by atoms with Gasteiger partial charge in [0.25, 0.3) is 0 Å². The van der Waals surface area contributed by atoms with Gasteiger partial charge in [-0.2, -0.15) is 5.10 Å². The summed E-state index contributed by atoms with van der Waals surface area (Å²) in [5, 5.41) is 9.11. The smallest absolute Gasteiger partial charge is 0.166 e. The van der Waals surface area contributed by atoms with Crippen LogP contribution in [0.4, 0.5) is 10.2 Å². The van der Waals surface area contributed by atoms with E-state index in [0.29, 0.717) is 43.8 Å². The first-order valence-electron chi connectivity index (χ1n) is 12.2. The zero-order valence-corrected chi connectivity index (χ0v) is 22.4. The molecule has 0 atom stereocenters. The van der Waals surface area contributed by atoms with Gasteiger partial charge in [-0.05, 0) is 36.6 Å². The van der Waals surface area contributed by atoms with Crippen molar-refractivity contribution in [1.82, 2.24) is 25.1 Å². The van der Waals surface area contributed by atoms with E-state index in [0.717, 1.165) is 37.1 Å². The molecule has 192 valence electrons. The maximum atomic E-state index is 15.2. The second-order valence-corrected chi connectivity index (χ2v) is 11.9. The minimum Gasteiger partial charge on any atom is -0.489 e. The van der Waals surface area contributed by atoms with Gasteiger partial charge < -0.3 is 9.64 Å². The maximum absolute atomic E-state index is 15.2. The Morgan fingerprint density at radius 3 is 2.43 bits per heavy atom. The predicted molar refractivity (Wildman–Crippen MR) is 144 cm³/mol. The second-order valence-electron chi connectivity index (χ2n) is 11.1. The molecule has 3 aromatic heterocycles. The van der Waals surface area contributed by atoms with Gasteiger partial charge in [0.15, 0.2) is 11.6 Å². The van der Waals surface area contributed by atoms with Gasteiger partial charge in [0, 0.05) is 61.3 Å². The van der Waals surface area contributed by atoms with Gasteiger partial charge in [-0.15, -0.1) is 0 Å². The van der Waals surface area contributed by atoms with E-state index < -0.39 is 0 Å². The Morgan fingerprint density at radius 1 is 1.03 bits per heavy atom. The summed E-state index contributed by atoms with van der Waals surface area (Å²) in [5.41, 5.74) is 3.11. The number of ether oxygens (including phenoxy) is 1. The lowest BCUT2D eigenvalue weighted by molar-refractivity contribution is -0.0647. The van der Waals surface area contributed by atoms with Gasteiger partial charge in [0.2, 0.25) is 0 Å². The second kappa shape index (κ2) is 8.82. The molecule has 0 spiro atoms. The maximum Gasteiger partial charge on any atom is 0.166 e. The molecule has 6 rings (SSSR count). The largest absolute Gasteiger partial charge is 0.489 e. The van der Waals surface area contributed by atoms with E-state index in [2.05, 4.69) is 45.8 Å². The summed E-state index contributed by atoms with van der Waals surface area (Å²) in [5.74, 6) is 0.642. The third kappa shape index (κ3) is 4.41.